The van der Waals surface area contributed by atoms with Crippen LogP contribution in [0.15, 0.2) is 6.07 Å². The molecule has 0 saturated heterocycles. The smallest absolute Gasteiger partial charge is 0.404 e. The molecule has 0 aliphatic heterocycles. The Bertz CT molecular complexity index is 475. The average Bonchev–Trinajstić information content (AvgIpc) is 2.11. The van der Waals surface area contributed by atoms with Crippen LogP contribution >= 0.6 is 7.82 Å². The van der Waals surface area contributed by atoms with Crippen LogP contribution in [-0.4, -0.2) is 16.1 Å². The summed E-state index contributed by atoms with van der Waals surface area (Å²) in [6.07, 6.45) is 0.649. The molecule has 0 spiro atoms. The Hall–Kier alpha value is -1.16. The van der Waals surface area contributed by atoms with Gasteiger partial charge in [0.2, 0.25) is 0 Å². The monoisotopic (exact) mass is 244 g/mol. The van der Waals surface area contributed by atoms with Crippen molar-refractivity contribution in [2.45, 2.75) is 20.8 Å². The summed E-state index contributed by atoms with van der Waals surface area (Å²) in [5, 5.41) is 0. The lowest BCUT2D eigenvalue weighted by Crippen LogP contribution is -2.00. The molecule has 1 aromatic rings. The largest absolute Gasteiger partial charge is 0.524 e. The van der Waals surface area contributed by atoms with Gasteiger partial charge < -0.3 is 4.52 Å². The molecule has 0 heterocycles. The van der Waals surface area contributed by atoms with Gasteiger partial charge in [-0.25, -0.2) is 4.57 Å². The maximum atomic E-state index is 10.8. The zero-order valence-electron chi connectivity index (χ0n) is 9.22. The number of hydrogen-bond acceptors (Lipinski definition) is 3. The first-order chi connectivity index (χ1) is 7.26. The molecule has 1 rings (SSSR count). The van der Waals surface area contributed by atoms with E-state index in [4.69, 9.17) is 9.79 Å². The molecule has 0 bridgehead atoms. The number of benzene rings is 1. The van der Waals surface area contributed by atoms with Gasteiger partial charge >= 0.3 is 7.82 Å². The van der Waals surface area contributed by atoms with Crippen molar-refractivity contribution in [3.05, 3.63) is 28.3 Å². The number of rotatable bonds is 3. The number of phosphoric ester groups is 1. The molecule has 1 aromatic carbocycles. The Labute approximate surface area is 93.3 Å². The Morgan fingerprint density at radius 1 is 1.25 bits per heavy atom. The van der Waals surface area contributed by atoms with E-state index in [1.165, 1.54) is 0 Å². The van der Waals surface area contributed by atoms with E-state index in [2.05, 4.69) is 4.52 Å². The summed E-state index contributed by atoms with van der Waals surface area (Å²) in [6.45, 7) is 5.01. The first-order valence-electron chi connectivity index (χ1n) is 4.57. The Kier molecular flexibility index (Phi) is 3.53. The maximum absolute atomic E-state index is 10.8. The third-order valence-electron chi connectivity index (χ3n) is 2.29. The lowest BCUT2D eigenvalue weighted by molar-refractivity contribution is 0.112. The fourth-order valence-electron chi connectivity index (χ4n) is 1.62. The van der Waals surface area contributed by atoms with Crippen molar-refractivity contribution < 1.29 is 23.7 Å². The zero-order chi connectivity index (χ0) is 12.5. The Balaban J connectivity index is 3.40. The van der Waals surface area contributed by atoms with Crippen molar-refractivity contribution in [3.63, 3.8) is 0 Å². The number of hydrogen-bond donors (Lipinski definition) is 2. The SMILES string of the molecule is Cc1cc(C)c(OP(=O)(O)O)c(C)c1C=O. The lowest BCUT2D eigenvalue weighted by atomic mass is 9.99. The van der Waals surface area contributed by atoms with Crippen LogP contribution in [-0.2, 0) is 4.57 Å². The van der Waals surface area contributed by atoms with Gasteiger partial charge in [0, 0.05) is 11.1 Å². The predicted molar refractivity (Wildman–Crippen MR) is 58.7 cm³/mol. The Morgan fingerprint density at radius 2 is 1.81 bits per heavy atom. The van der Waals surface area contributed by atoms with Crippen LogP contribution in [0.3, 0.4) is 0 Å². The van der Waals surface area contributed by atoms with Crippen LogP contribution < -0.4 is 4.52 Å². The van der Waals surface area contributed by atoms with E-state index in [1.54, 1.807) is 26.8 Å². The van der Waals surface area contributed by atoms with Crippen LogP contribution in [0.2, 0.25) is 0 Å². The average molecular weight is 244 g/mol. The molecular formula is C10H13O5P. The fourth-order valence-corrected chi connectivity index (χ4v) is 2.14. The molecule has 0 aliphatic rings. The molecule has 0 radical (unpaired) electrons. The molecule has 0 aromatic heterocycles. The van der Waals surface area contributed by atoms with E-state index < -0.39 is 7.82 Å². The topological polar surface area (TPSA) is 83.8 Å². The maximum Gasteiger partial charge on any atom is 0.524 e. The molecule has 2 N–H and O–H groups in total. The highest BCUT2D eigenvalue weighted by atomic mass is 31.2. The second-order valence-corrected chi connectivity index (χ2v) is 4.74. The third kappa shape index (κ3) is 2.70. The highest BCUT2D eigenvalue weighted by molar-refractivity contribution is 7.46. The van der Waals surface area contributed by atoms with E-state index in [9.17, 15) is 9.36 Å². The molecule has 6 heteroatoms. The minimum Gasteiger partial charge on any atom is -0.404 e. The summed E-state index contributed by atoms with van der Waals surface area (Å²) in [4.78, 5) is 28.3. The molecular weight excluding hydrogens is 231 g/mol. The molecule has 0 amide bonds. The van der Waals surface area contributed by atoms with Gasteiger partial charge in [0.05, 0.1) is 0 Å². The van der Waals surface area contributed by atoms with Gasteiger partial charge in [-0.15, -0.1) is 0 Å². The highest BCUT2D eigenvalue weighted by Gasteiger charge is 2.21. The first-order valence-corrected chi connectivity index (χ1v) is 6.10. The summed E-state index contributed by atoms with van der Waals surface area (Å²) in [7, 11) is -4.60. The summed E-state index contributed by atoms with van der Waals surface area (Å²) < 4.78 is 15.3. The van der Waals surface area contributed by atoms with Gasteiger partial charge in [0.25, 0.3) is 0 Å². The van der Waals surface area contributed by atoms with Gasteiger partial charge in [-0.1, -0.05) is 6.07 Å². The molecule has 16 heavy (non-hydrogen) atoms. The van der Waals surface area contributed by atoms with Gasteiger partial charge in [-0.05, 0) is 31.9 Å². The van der Waals surface area contributed by atoms with Crippen molar-refractivity contribution in [1.82, 2.24) is 0 Å². The second kappa shape index (κ2) is 4.37. The van der Waals surface area contributed by atoms with Crippen molar-refractivity contribution >= 4 is 14.1 Å². The molecule has 0 atom stereocenters. The van der Waals surface area contributed by atoms with Crippen molar-refractivity contribution in [2.24, 2.45) is 0 Å². The minimum absolute atomic E-state index is 0.0704. The number of carbonyl (C=O) groups is 1. The number of phosphoric acid groups is 1. The summed E-state index contributed by atoms with van der Waals surface area (Å²) in [5.41, 5.74) is 2.18. The molecule has 0 unspecified atom stereocenters. The molecule has 0 fully saturated rings. The normalized spacial score (nSPS) is 11.3. The standard InChI is InChI=1S/C10H13O5P/c1-6-4-7(2)10(15-16(12,13)14)8(3)9(6)5-11/h4-5H,1-3H3,(H2,12,13,14). The molecule has 0 aliphatic carbocycles. The van der Waals surface area contributed by atoms with Gasteiger partial charge in [-0.3, -0.25) is 14.6 Å². The number of aldehydes is 1. The van der Waals surface area contributed by atoms with Crippen LogP contribution in [0.1, 0.15) is 27.0 Å². The van der Waals surface area contributed by atoms with Crippen molar-refractivity contribution in [2.75, 3.05) is 0 Å². The van der Waals surface area contributed by atoms with Crippen LogP contribution in [0.4, 0.5) is 0 Å². The van der Waals surface area contributed by atoms with Gasteiger partial charge in [0.15, 0.2) is 6.29 Å². The van der Waals surface area contributed by atoms with Crippen molar-refractivity contribution in [3.8, 4) is 5.75 Å². The first kappa shape index (κ1) is 12.9. The number of carbonyl (C=O) groups excluding carboxylic acids is 1. The van der Waals surface area contributed by atoms with Crippen LogP contribution in [0, 0.1) is 20.8 Å². The molecule has 0 saturated carbocycles. The van der Waals surface area contributed by atoms with Crippen LogP contribution in [0.25, 0.3) is 0 Å². The predicted octanol–water partition coefficient (Wildman–Crippen LogP) is 1.90. The summed E-state index contributed by atoms with van der Waals surface area (Å²) in [6, 6.07) is 1.65. The molecule has 88 valence electrons. The fraction of sp³-hybridized carbons (Fsp3) is 0.300. The van der Waals surface area contributed by atoms with E-state index in [-0.39, 0.29) is 5.75 Å². The van der Waals surface area contributed by atoms with Gasteiger partial charge in [0.1, 0.15) is 5.75 Å². The van der Waals surface area contributed by atoms with Gasteiger partial charge in [-0.2, -0.15) is 0 Å². The third-order valence-corrected chi connectivity index (χ3v) is 2.71. The van der Waals surface area contributed by atoms with Crippen LogP contribution in [0.5, 0.6) is 5.75 Å². The summed E-state index contributed by atoms with van der Waals surface area (Å²) in [5.74, 6) is 0.0704. The zero-order valence-corrected chi connectivity index (χ0v) is 10.1. The highest BCUT2D eigenvalue weighted by Crippen LogP contribution is 2.41. The van der Waals surface area contributed by atoms with E-state index in [0.717, 1.165) is 5.56 Å². The van der Waals surface area contributed by atoms with E-state index in [1.807, 2.05) is 0 Å². The quantitative estimate of drug-likeness (QED) is 0.626. The second-order valence-electron chi connectivity index (χ2n) is 3.58. The number of aryl methyl sites for hydroxylation is 2. The van der Waals surface area contributed by atoms with Crippen molar-refractivity contribution in [1.29, 1.82) is 0 Å². The van der Waals surface area contributed by atoms with E-state index >= 15 is 0 Å². The minimum atomic E-state index is -4.60. The summed E-state index contributed by atoms with van der Waals surface area (Å²) >= 11 is 0. The Morgan fingerprint density at radius 3 is 2.25 bits per heavy atom. The lowest BCUT2D eigenvalue weighted by Gasteiger charge is -2.15. The molecule has 5 nitrogen and oxygen atoms in total. The van der Waals surface area contributed by atoms with E-state index in [0.29, 0.717) is 23.0 Å².